The second-order valence-electron chi connectivity index (χ2n) is 8.99. The lowest BCUT2D eigenvalue weighted by Crippen LogP contribution is -2.40. The molecular weight excluding hydrogens is 381 g/mol. The van der Waals surface area contributed by atoms with Gasteiger partial charge in [-0.25, -0.2) is 4.39 Å². The third kappa shape index (κ3) is 3.03. The molecule has 1 aromatic heterocycles. The molecule has 0 bridgehead atoms. The van der Waals surface area contributed by atoms with E-state index in [9.17, 15) is 14.3 Å². The Morgan fingerprint density at radius 1 is 1.07 bits per heavy atom. The molecule has 5 heteroatoms. The van der Waals surface area contributed by atoms with Crippen LogP contribution in [0.5, 0.6) is 0 Å². The van der Waals surface area contributed by atoms with Crippen molar-refractivity contribution in [3.05, 3.63) is 65.6 Å². The Labute approximate surface area is 175 Å². The third-order valence-corrected chi connectivity index (χ3v) is 6.96. The standard InChI is InChI=1S/C25H26FNO3/c1-25(24(28)29)14-17(15-25)22-20-4-2-3-5-21(20)27(19-8-6-18(26)7-9-19)23(22)16-10-12-30-13-11-16/h2-9,16-17H,10-15H2,1H3,(H,28,29). The number of ether oxygens (including phenoxy) is 1. The van der Waals surface area contributed by atoms with Gasteiger partial charge in [-0.1, -0.05) is 18.2 Å². The summed E-state index contributed by atoms with van der Waals surface area (Å²) in [6, 6.07) is 15.0. The van der Waals surface area contributed by atoms with E-state index in [4.69, 9.17) is 4.74 Å². The Morgan fingerprint density at radius 3 is 2.40 bits per heavy atom. The van der Waals surface area contributed by atoms with Gasteiger partial charge >= 0.3 is 5.97 Å². The van der Waals surface area contributed by atoms with Crippen molar-refractivity contribution in [2.75, 3.05) is 13.2 Å². The predicted molar refractivity (Wildman–Crippen MR) is 114 cm³/mol. The van der Waals surface area contributed by atoms with Crippen LogP contribution in [-0.4, -0.2) is 28.9 Å². The minimum Gasteiger partial charge on any atom is -0.481 e. The van der Waals surface area contributed by atoms with E-state index in [1.165, 1.54) is 28.8 Å². The molecule has 5 rings (SSSR count). The van der Waals surface area contributed by atoms with E-state index >= 15 is 0 Å². The lowest BCUT2D eigenvalue weighted by atomic mass is 9.60. The van der Waals surface area contributed by atoms with Crippen molar-refractivity contribution in [2.24, 2.45) is 5.41 Å². The monoisotopic (exact) mass is 407 g/mol. The van der Waals surface area contributed by atoms with E-state index in [0.29, 0.717) is 18.8 Å². The first-order chi connectivity index (χ1) is 14.5. The van der Waals surface area contributed by atoms with Gasteiger partial charge < -0.3 is 14.4 Å². The number of benzene rings is 2. The molecule has 30 heavy (non-hydrogen) atoms. The Morgan fingerprint density at radius 2 is 1.73 bits per heavy atom. The highest BCUT2D eigenvalue weighted by molar-refractivity contribution is 5.89. The smallest absolute Gasteiger partial charge is 0.309 e. The number of carboxylic acids is 1. The molecule has 2 fully saturated rings. The number of carbonyl (C=O) groups is 1. The zero-order valence-corrected chi connectivity index (χ0v) is 17.1. The molecular formula is C25H26FNO3. The summed E-state index contributed by atoms with van der Waals surface area (Å²) in [4.78, 5) is 11.7. The van der Waals surface area contributed by atoms with Crippen LogP contribution in [0.1, 0.15) is 55.7 Å². The second-order valence-corrected chi connectivity index (χ2v) is 8.99. The fourth-order valence-corrected chi connectivity index (χ4v) is 5.36. The van der Waals surface area contributed by atoms with Crippen molar-refractivity contribution in [2.45, 2.75) is 44.4 Å². The summed E-state index contributed by atoms with van der Waals surface area (Å²) in [5, 5.41) is 10.8. The lowest BCUT2D eigenvalue weighted by Gasteiger charge is -2.43. The summed E-state index contributed by atoms with van der Waals surface area (Å²) in [5.41, 5.74) is 3.92. The number of fused-ring (bicyclic) bond motifs is 1. The Hall–Kier alpha value is -2.66. The number of rotatable bonds is 4. The number of hydrogen-bond donors (Lipinski definition) is 1. The van der Waals surface area contributed by atoms with Crippen LogP contribution >= 0.6 is 0 Å². The molecule has 2 aliphatic rings. The maximum absolute atomic E-state index is 13.6. The first-order valence-corrected chi connectivity index (χ1v) is 10.7. The minimum atomic E-state index is -0.714. The summed E-state index contributed by atoms with van der Waals surface area (Å²) in [5.74, 6) is -0.411. The molecule has 1 aliphatic heterocycles. The van der Waals surface area contributed by atoms with Crippen molar-refractivity contribution in [1.29, 1.82) is 0 Å². The molecule has 0 atom stereocenters. The summed E-state index contributed by atoms with van der Waals surface area (Å²) < 4.78 is 21.5. The highest BCUT2D eigenvalue weighted by atomic mass is 19.1. The largest absolute Gasteiger partial charge is 0.481 e. The van der Waals surface area contributed by atoms with Crippen LogP contribution in [0.4, 0.5) is 4.39 Å². The van der Waals surface area contributed by atoms with Crippen LogP contribution in [0.3, 0.4) is 0 Å². The first-order valence-electron chi connectivity index (χ1n) is 10.7. The van der Waals surface area contributed by atoms with E-state index < -0.39 is 11.4 Å². The minimum absolute atomic E-state index is 0.218. The summed E-state index contributed by atoms with van der Waals surface area (Å²) in [7, 11) is 0. The molecule has 2 aromatic carbocycles. The van der Waals surface area contributed by atoms with Gasteiger partial charge in [0, 0.05) is 35.9 Å². The van der Waals surface area contributed by atoms with Gasteiger partial charge in [0.05, 0.1) is 10.9 Å². The van der Waals surface area contributed by atoms with Crippen molar-refractivity contribution in [1.82, 2.24) is 4.57 Å². The van der Waals surface area contributed by atoms with Crippen LogP contribution in [0.2, 0.25) is 0 Å². The van der Waals surface area contributed by atoms with E-state index in [2.05, 4.69) is 16.7 Å². The van der Waals surface area contributed by atoms with Gasteiger partial charge in [-0.2, -0.15) is 0 Å². The van der Waals surface area contributed by atoms with E-state index in [1.54, 1.807) is 0 Å². The molecule has 3 aromatic rings. The number of aliphatic carboxylic acids is 1. The van der Waals surface area contributed by atoms with E-state index in [1.807, 2.05) is 31.2 Å². The molecule has 0 unspecified atom stereocenters. The SMILES string of the molecule is CC1(C(=O)O)CC(c2c(C3CCOCC3)n(-c3ccc(F)cc3)c3ccccc23)C1. The average molecular weight is 407 g/mol. The molecule has 0 amide bonds. The molecule has 2 heterocycles. The van der Waals surface area contributed by atoms with Gasteiger partial charge in [-0.3, -0.25) is 4.79 Å². The molecule has 1 aliphatic carbocycles. The number of aromatic nitrogens is 1. The summed E-state index contributed by atoms with van der Waals surface area (Å²) in [6.07, 6.45) is 3.17. The van der Waals surface area contributed by atoms with Crippen LogP contribution in [-0.2, 0) is 9.53 Å². The van der Waals surface area contributed by atoms with Crippen LogP contribution in [0.25, 0.3) is 16.6 Å². The maximum atomic E-state index is 13.6. The first kappa shape index (κ1) is 19.3. The van der Waals surface area contributed by atoms with Crippen molar-refractivity contribution >= 4 is 16.9 Å². The van der Waals surface area contributed by atoms with Gasteiger partial charge in [-0.15, -0.1) is 0 Å². The third-order valence-electron chi connectivity index (χ3n) is 6.96. The van der Waals surface area contributed by atoms with E-state index in [0.717, 1.165) is 37.3 Å². The topological polar surface area (TPSA) is 51.5 Å². The Kier molecular flexibility index (Phi) is 4.66. The Balaban J connectivity index is 1.72. The normalized spacial score (nSPS) is 24.7. The van der Waals surface area contributed by atoms with Crippen LogP contribution < -0.4 is 0 Å². The number of nitrogens with zero attached hydrogens (tertiary/aromatic N) is 1. The lowest BCUT2D eigenvalue weighted by molar-refractivity contribution is -0.154. The maximum Gasteiger partial charge on any atom is 0.309 e. The van der Waals surface area contributed by atoms with Gasteiger partial charge in [0.1, 0.15) is 5.82 Å². The molecule has 0 radical (unpaired) electrons. The van der Waals surface area contributed by atoms with Gasteiger partial charge in [0.15, 0.2) is 0 Å². The van der Waals surface area contributed by atoms with E-state index in [-0.39, 0.29) is 11.7 Å². The highest BCUT2D eigenvalue weighted by Gasteiger charge is 2.49. The van der Waals surface area contributed by atoms with Crippen molar-refractivity contribution in [3.63, 3.8) is 0 Å². The molecule has 4 nitrogen and oxygen atoms in total. The average Bonchev–Trinajstić information content (AvgIpc) is 3.07. The zero-order valence-electron chi connectivity index (χ0n) is 17.1. The predicted octanol–water partition coefficient (Wildman–Crippen LogP) is 5.63. The van der Waals surface area contributed by atoms with Gasteiger partial charge in [-0.05, 0) is 74.4 Å². The van der Waals surface area contributed by atoms with Crippen LogP contribution in [0.15, 0.2) is 48.5 Å². The van der Waals surface area contributed by atoms with Gasteiger partial charge in [0.2, 0.25) is 0 Å². The number of hydrogen-bond acceptors (Lipinski definition) is 2. The summed E-state index contributed by atoms with van der Waals surface area (Å²) in [6.45, 7) is 3.30. The zero-order chi connectivity index (χ0) is 20.9. The summed E-state index contributed by atoms with van der Waals surface area (Å²) >= 11 is 0. The molecule has 1 N–H and O–H groups in total. The molecule has 156 valence electrons. The number of para-hydroxylation sites is 1. The van der Waals surface area contributed by atoms with Crippen molar-refractivity contribution < 1.29 is 19.0 Å². The highest BCUT2D eigenvalue weighted by Crippen LogP contribution is 2.55. The fraction of sp³-hybridized carbons (Fsp3) is 0.400. The number of halogens is 1. The Bertz CT molecular complexity index is 1090. The molecule has 1 saturated carbocycles. The van der Waals surface area contributed by atoms with Crippen molar-refractivity contribution in [3.8, 4) is 5.69 Å². The second kappa shape index (κ2) is 7.24. The fourth-order valence-electron chi connectivity index (χ4n) is 5.36. The number of carboxylic acid groups (broad SMARTS) is 1. The molecule has 1 saturated heterocycles. The quantitative estimate of drug-likeness (QED) is 0.610. The van der Waals surface area contributed by atoms with Gasteiger partial charge in [0.25, 0.3) is 0 Å². The van der Waals surface area contributed by atoms with Crippen LogP contribution in [0, 0.1) is 11.2 Å². The molecule has 0 spiro atoms.